The fourth-order valence-corrected chi connectivity index (χ4v) is 2.70. The van der Waals surface area contributed by atoms with Crippen LogP contribution in [-0.4, -0.2) is 17.9 Å². The lowest BCUT2D eigenvalue weighted by Crippen LogP contribution is -2.33. The number of carbonyl (C=O) groups excluding carboxylic acids is 1. The molecule has 1 aromatic rings. The Morgan fingerprint density at radius 2 is 2.17 bits per heavy atom. The lowest BCUT2D eigenvalue weighted by atomic mass is 9.93. The van der Waals surface area contributed by atoms with Crippen LogP contribution in [0.4, 0.5) is 0 Å². The number of hydrogen-bond donors (Lipinski definition) is 0. The summed E-state index contributed by atoms with van der Waals surface area (Å²) >= 11 is 3.52. The summed E-state index contributed by atoms with van der Waals surface area (Å²) in [4.78, 5) is 14.1. The second-order valence-electron chi connectivity index (χ2n) is 4.77. The summed E-state index contributed by atoms with van der Waals surface area (Å²) < 4.78 is 1.06. The molecule has 0 saturated carbocycles. The van der Waals surface area contributed by atoms with Crippen LogP contribution in [0.1, 0.15) is 24.8 Å². The smallest absolute Gasteiger partial charge is 0.226 e. The zero-order chi connectivity index (χ0) is 13.0. The molecule has 1 aliphatic carbocycles. The van der Waals surface area contributed by atoms with E-state index in [1.54, 1.807) is 0 Å². The first-order valence-corrected chi connectivity index (χ1v) is 7.11. The molecule has 2 nitrogen and oxygen atoms in total. The second kappa shape index (κ2) is 6.19. The van der Waals surface area contributed by atoms with E-state index in [2.05, 4.69) is 34.1 Å². The molecule has 18 heavy (non-hydrogen) atoms. The Balaban J connectivity index is 1.99. The van der Waals surface area contributed by atoms with Crippen molar-refractivity contribution in [3.05, 3.63) is 46.5 Å². The van der Waals surface area contributed by atoms with Crippen LogP contribution in [0.2, 0.25) is 0 Å². The maximum absolute atomic E-state index is 12.3. The molecule has 0 saturated heterocycles. The number of rotatable bonds is 3. The van der Waals surface area contributed by atoms with E-state index in [1.165, 1.54) is 0 Å². The minimum atomic E-state index is 0.169. The molecule has 0 aliphatic heterocycles. The monoisotopic (exact) mass is 307 g/mol. The number of amides is 1. The first-order valence-electron chi connectivity index (χ1n) is 6.32. The van der Waals surface area contributed by atoms with Crippen LogP contribution < -0.4 is 0 Å². The number of benzene rings is 1. The zero-order valence-corrected chi connectivity index (χ0v) is 12.2. The predicted octanol–water partition coefficient (Wildman–Crippen LogP) is 3.76. The van der Waals surface area contributed by atoms with Crippen LogP contribution >= 0.6 is 15.9 Å². The van der Waals surface area contributed by atoms with E-state index < -0.39 is 0 Å². The molecule has 0 aromatic heterocycles. The van der Waals surface area contributed by atoms with Crippen molar-refractivity contribution in [2.24, 2.45) is 5.92 Å². The second-order valence-corrected chi connectivity index (χ2v) is 5.62. The van der Waals surface area contributed by atoms with Crippen molar-refractivity contribution in [1.82, 2.24) is 4.90 Å². The molecular formula is C15H18BrNO. The molecule has 0 heterocycles. The molecular weight excluding hydrogens is 290 g/mol. The van der Waals surface area contributed by atoms with Gasteiger partial charge in [-0.05, 0) is 30.9 Å². The molecule has 3 heteroatoms. The van der Waals surface area contributed by atoms with Gasteiger partial charge in [-0.1, -0.05) is 46.3 Å². The Kier molecular flexibility index (Phi) is 4.59. The highest BCUT2D eigenvalue weighted by molar-refractivity contribution is 9.10. The number of allylic oxidation sites excluding steroid dienone is 2. The molecule has 1 unspecified atom stereocenters. The molecule has 2 rings (SSSR count). The van der Waals surface area contributed by atoms with E-state index in [0.717, 1.165) is 29.3 Å². The van der Waals surface area contributed by atoms with E-state index in [1.807, 2.05) is 30.1 Å². The minimum absolute atomic E-state index is 0.169. The van der Waals surface area contributed by atoms with E-state index >= 15 is 0 Å². The molecule has 0 bridgehead atoms. The third-order valence-electron chi connectivity index (χ3n) is 3.36. The Labute approximate surface area is 117 Å². The standard InChI is InChI=1S/C15H18BrNO/c1-17(11-13-9-5-6-10-14(13)16)15(18)12-7-3-2-4-8-12/h2-3,5-6,9-10,12H,4,7-8,11H2,1H3. The third-order valence-corrected chi connectivity index (χ3v) is 4.13. The summed E-state index contributed by atoms with van der Waals surface area (Å²) in [6.07, 6.45) is 7.18. The highest BCUT2D eigenvalue weighted by atomic mass is 79.9. The fourth-order valence-electron chi connectivity index (χ4n) is 2.29. The fraction of sp³-hybridized carbons (Fsp3) is 0.400. The molecule has 1 atom stereocenters. The maximum Gasteiger partial charge on any atom is 0.226 e. The Bertz CT molecular complexity index is 456. The molecule has 96 valence electrons. The summed E-state index contributed by atoms with van der Waals surface area (Å²) in [5.41, 5.74) is 1.15. The topological polar surface area (TPSA) is 20.3 Å². The lowest BCUT2D eigenvalue weighted by Gasteiger charge is -2.24. The molecule has 0 spiro atoms. The van der Waals surface area contributed by atoms with Gasteiger partial charge in [-0.25, -0.2) is 0 Å². The average molecular weight is 308 g/mol. The molecule has 1 aromatic carbocycles. The van der Waals surface area contributed by atoms with Gasteiger partial charge in [0, 0.05) is 24.0 Å². The average Bonchev–Trinajstić information content (AvgIpc) is 2.41. The van der Waals surface area contributed by atoms with Crippen molar-refractivity contribution in [2.75, 3.05) is 7.05 Å². The van der Waals surface area contributed by atoms with E-state index in [9.17, 15) is 4.79 Å². The Morgan fingerprint density at radius 3 is 2.83 bits per heavy atom. The minimum Gasteiger partial charge on any atom is -0.341 e. The van der Waals surface area contributed by atoms with E-state index in [0.29, 0.717) is 6.54 Å². The number of halogens is 1. The van der Waals surface area contributed by atoms with Crippen LogP contribution in [0.5, 0.6) is 0 Å². The predicted molar refractivity (Wildman–Crippen MR) is 77.1 cm³/mol. The number of carbonyl (C=O) groups is 1. The highest BCUT2D eigenvalue weighted by Gasteiger charge is 2.22. The normalized spacial score (nSPS) is 18.7. The summed E-state index contributed by atoms with van der Waals surface area (Å²) in [6.45, 7) is 0.667. The van der Waals surface area contributed by atoms with E-state index in [-0.39, 0.29) is 11.8 Å². The van der Waals surface area contributed by atoms with Gasteiger partial charge in [0.25, 0.3) is 0 Å². The van der Waals surface area contributed by atoms with Crippen molar-refractivity contribution >= 4 is 21.8 Å². The Hall–Kier alpha value is -1.09. The van der Waals surface area contributed by atoms with Crippen LogP contribution in [0.3, 0.4) is 0 Å². The molecule has 1 aliphatic rings. The van der Waals surface area contributed by atoms with Gasteiger partial charge in [-0.15, -0.1) is 0 Å². The number of hydrogen-bond acceptors (Lipinski definition) is 1. The Morgan fingerprint density at radius 1 is 1.39 bits per heavy atom. The van der Waals surface area contributed by atoms with Crippen LogP contribution in [0, 0.1) is 5.92 Å². The van der Waals surface area contributed by atoms with Gasteiger partial charge in [0.05, 0.1) is 0 Å². The van der Waals surface area contributed by atoms with Crippen LogP contribution in [0.15, 0.2) is 40.9 Å². The molecule has 0 N–H and O–H groups in total. The summed E-state index contributed by atoms with van der Waals surface area (Å²) in [7, 11) is 1.89. The summed E-state index contributed by atoms with van der Waals surface area (Å²) in [6, 6.07) is 8.05. The summed E-state index contributed by atoms with van der Waals surface area (Å²) in [5.74, 6) is 0.428. The SMILES string of the molecule is CN(Cc1ccccc1Br)C(=O)C1CC=CCC1. The van der Waals surface area contributed by atoms with Crippen LogP contribution in [-0.2, 0) is 11.3 Å². The molecule has 1 amide bonds. The number of nitrogens with zero attached hydrogens (tertiary/aromatic N) is 1. The van der Waals surface area contributed by atoms with Gasteiger partial charge < -0.3 is 4.90 Å². The van der Waals surface area contributed by atoms with Crippen molar-refractivity contribution in [3.63, 3.8) is 0 Å². The van der Waals surface area contributed by atoms with E-state index in [4.69, 9.17) is 0 Å². The van der Waals surface area contributed by atoms with Crippen molar-refractivity contribution in [2.45, 2.75) is 25.8 Å². The van der Waals surface area contributed by atoms with Crippen molar-refractivity contribution in [1.29, 1.82) is 0 Å². The quantitative estimate of drug-likeness (QED) is 0.779. The van der Waals surface area contributed by atoms with Gasteiger partial charge in [0.15, 0.2) is 0 Å². The maximum atomic E-state index is 12.3. The lowest BCUT2D eigenvalue weighted by molar-refractivity contribution is -0.135. The van der Waals surface area contributed by atoms with Gasteiger partial charge in [0.1, 0.15) is 0 Å². The third kappa shape index (κ3) is 3.22. The highest BCUT2D eigenvalue weighted by Crippen LogP contribution is 2.22. The van der Waals surface area contributed by atoms with Gasteiger partial charge in [-0.3, -0.25) is 4.79 Å². The van der Waals surface area contributed by atoms with Gasteiger partial charge in [-0.2, -0.15) is 0 Å². The molecule has 0 radical (unpaired) electrons. The zero-order valence-electron chi connectivity index (χ0n) is 10.6. The van der Waals surface area contributed by atoms with Crippen LogP contribution in [0.25, 0.3) is 0 Å². The van der Waals surface area contributed by atoms with Gasteiger partial charge in [0.2, 0.25) is 5.91 Å². The van der Waals surface area contributed by atoms with Gasteiger partial charge >= 0.3 is 0 Å². The summed E-state index contributed by atoms with van der Waals surface area (Å²) in [5, 5.41) is 0. The first-order chi connectivity index (χ1) is 8.68. The van der Waals surface area contributed by atoms with Crippen molar-refractivity contribution in [3.8, 4) is 0 Å². The first kappa shape index (κ1) is 13.3. The largest absolute Gasteiger partial charge is 0.341 e. The molecule has 0 fully saturated rings. The van der Waals surface area contributed by atoms with Crippen molar-refractivity contribution < 1.29 is 4.79 Å².